The minimum atomic E-state index is -3.66. The first kappa shape index (κ1) is 26.0. The van der Waals surface area contributed by atoms with Gasteiger partial charge < -0.3 is 10.4 Å². The van der Waals surface area contributed by atoms with Gasteiger partial charge in [-0.2, -0.15) is 0 Å². The topological polar surface area (TPSA) is 117 Å². The average molecular weight is 508 g/mol. The van der Waals surface area contributed by atoms with Crippen LogP contribution < -0.4 is 10.0 Å². The number of nitrogens with zero attached hydrogens (tertiary/aromatic N) is 3. The molecule has 1 atom stereocenters. The minimum absolute atomic E-state index is 0.101. The van der Waals surface area contributed by atoms with E-state index in [2.05, 4.69) is 20.0 Å². The number of rotatable bonds is 9. The summed E-state index contributed by atoms with van der Waals surface area (Å²) in [4.78, 5) is 14.1. The molecule has 0 saturated carbocycles. The number of halogens is 1. The molecule has 0 radical (unpaired) electrons. The number of anilines is 2. The highest BCUT2D eigenvalue weighted by molar-refractivity contribution is 7.92. The number of hydrogen-bond donors (Lipinski definition) is 3. The first-order valence-electron chi connectivity index (χ1n) is 11.0. The largest absolute Gasteiger partial charge is 0.392 e. The molecule has 0 bridgehead atoms. The predicted octanol–water partition coefficient (Wildman–Crippen LogP) is 4.65. The molecule has 0 fully saturated rings. The van der Waals surface area contributed by atoms with Crippen LogP contribution in [0.15, 0.2) is 30.5 Å². The molecule has 0 unspecified atom stereocenters. The van der Waals surface area contributed by atoms with E-state index < -0.39 is 21.9 Å². The Bertz CT molecular complexity index is 1250. The van der Waals surface area contributed by atoms with Crippen LogP contribution in [0.25, 0.3) is 21.8 Å². The molecule has 0 aliphatic rings. The number of thiazole rings is 1. The van der Waals surface area contributed by atoms with E-state index >= 15 is 4.39 Å². The lowest BCUT2D eigenvalue weighted by Gasteiger charge is -2.13. The summed E-state index contributed by atoms with van der Waals surface area (Å²) < 4.78 is 42.4. The summed E-state index contributed by atoms with van der Waals surface area (Å²) in [7, 11) is -3.66. The third kappa shape index (κ3) is 6.28. The van der Waals surface area contributed by atoms with Crippen molar-refractivity contribution in [2.45, 2.75) is 52.6 Å². The summed E-state index contributed by atoms with van der Waals surface area (Å²) >= 11 is 1.40. The highest BCUT2D eigenvalue weighted by Crippen LogP contribution is 2.41. The third-order valence-corrected chi connectivity index (χ3v) is 7.68. The Morgan fingerprint density at radius 1 is 1.21 bits per heavy atom. The van der Waals surface area contributed by atoms with Crippen LogP contribution in [0.3, 0.4) is 0 Å². The van der Waals surface area contributed by atoms with E-state index in [0.717, 1.165) is 5.01 Å². The molecule has 2 aromatic heterocycles. The Morgan fingerprint density at radius 2 is 1.94 bits per heavy atom. The van der Waals surface area contributed by atoms with E-state index in [-0.39, 0.29) is 29.0 Å². The zero-order valence-electron chi connectivity index (χ0n) is 19.9. The fraction of sp³-hybridized carbons (Fsp3) is 0.435. The highest BCUT2D eigenvalue weighted by Gasteiger charge is 2.26. The van der Waals surface area contributed by atoms with Gasteiger partial charge in [0.2, 0.25) is 16.0 Å². The summed E-state index contributed by atoms with van der Waals surface area (Å²) in [5.41, 5.74) is 0.681. The molecule has 0 spiro atoms. The Kier molecular flexibility index (Phi) is 7.89. The van der Waals surface area contributed by atoms with Gasteiger partial charge >= 0.3 is 0 Å². The standard InChI is InChI=1S/C23H30FN5O3S2/c1-6-12-34(31,32)29-16-9-7-8-15(18(16)24)19-20(33-21(28-19)23(3,4)5)17-10-11-25-22(27-17)26-13-14(2)30/h7-11,14,29-30H,6,12-13H2,1-5H3,(H,25,26,27)/t14-/m0/s1. The van der Waals surface area contributed by atoms with E-state index in [1.165, 1.54) is 17.4 Å². The predicted molar refractivity (Wildman–Crippen MR) is 135 cm³/mol. The van der Waals surface area contributed by atoms with E-state index in [9.17, 15) is 13.5 Å². The van der Waals surface area contributed by atoms with Crippen LogP contribution in [-0.4, -0.2) is 46.9 Å². The van der Waals surface area contributed by atoms with Crippen molar-refractivity contribution in [3.05, 3.63) is 41.3 Å². The van der Waals surface area contributed by atoms with Gasteiger partial charge in [-0.05, 0) is 31.5 Å². The van der Waals surface area contributed by atoms with Gasteiger partial charge in [0.25, 0.3) is 0 Å². The van der Waals surface area contributed by atoms with Gasteiger partial charge in [-0.25, -0.2) is 27.8 Å². The summed E-state index contributed by atoms with van der Waals surface area (Å²) in [6.07, 6.45) is 1.42. The van der Waals surface area contributed by atoms with Crippen molar-refractivity contribution in [3.8, 4) is 21.8 Å². The molecule has 1 aromatic carbocycles. The van der Waals surface area contributed by atoms with Gasteiger partial charge in [0.15, 0.2) is 5.82 Å². The zero-order valence-corrected chi connectivity index (χ0v) is 21.5. The van der Waals surface area contributed by atoms with Crippen LogP contribution in [0.1, 0.15) is 46.0 Å². The van der Waals surface area contributed by atoms with Crippen molar-refractivity contribution in [1.29, 1.82) is 0 Å². The summed E-state index contributed by atoms with van der Waals surface area (Å²) in [5.74, 6) is -0.469. The molecule has 0 amide bonds. The van der Waals surface area contributed by atoms with Crippen molar-refractivity contribution in [2.24, 2.45) is 0 Å². The Hall–Kier alpha value is -2.63. The fourth-order valence-electron chi connectivity index (χ4n) is 3.09. The normalized spacial score (nSPS) is 13.0. The lowest BCUT2D eigenvalue weighted by molar-refractivity contribution is 0.208. The molecular formula is C23H30FN5O3S2. The monoisotopic (exact) mass is 507 g/mol. The molecule has 0 aliphatic carbocycles. The van der Waals surface area contributed by atoms with Crippen molar-refractivity contribution in [1.82, 2.24) is 15.0 Å². The van der Waals surface area contributed by atoms with Gasteiger partial charge in [0.1, 0.15) is 0 Å². The summed E-state index contributed by atoms with van der Waals surface area (Å²) in [5, 5.41) is 13.3. The minimum Gasteiger partial charge on any atom is -0.392 e. The molecule has 3 N–H and O–H groups in total. The van der Waals surface area contributed by atoms with E-state index in [0.29, 0.717) is 28.6 Å². The smallest absolute Gasteiger partial charge is 0.232 e. The van der Waals surface area contributed by atoms with Crippen LogP contribution in [0.4, 0.5) is 16.0 Å². The number of aliphatic hydroxyl groups is 1. The SMILES string of the molecule is CCCS(=O)(=O)Nc1cccc(-c2nc(C(C)(C)C)sc2-c2ccnc(NC[C@H](C)O)n2)c1F. The zero-order chi connectivity index (χ0) is 25.1. The van der Waals surface area contributed by atoms with Gasteiger partial charge in [0.05, 0.1) is 38.8 Å². The maximum atomic E-state index is 15.6. The quantitative estimate of drug-likeness (QED) is 0.386. The first-order valence-corrected chi connectivity index (χ1v) is 13.4. The molecular weight excluding hydrogens is 477 g/mol. The average Bonchev–Trinajstić information content (AvgIpc) is 3.19. The molecule has 3 rings (SSSR count). The lowest BCUT2D eigenvalue weighted by atomic mass is 9.98. The van der Waals surface area contributed by atoms with E-state index in [1.54, 1.807) is 38.2 Å². The molecule has 8 nitrogen and oxygen atoms in total. The summed E-state index contributed by atoms with van der Waals surface area (Å²) in [6.45, 7) is 9.72. The van der Waals surface area contributed by atoms with Gasteiger partial charge in [-0.1, -0.05) is 33.8 Å². The molecule has 184 valence electrons. The number of sulfonamides is 1. The second-order valence-corrected chi connectivity index (χ2v) is 11.9. The van der Waals surface area contributed by atoms with Gasteiger partial charge in [0, 0.05) is 23.7 Å². The molecule has 34 heavy (non-hydrogen) atoms. The molecule has 11 heteroatoms. The second kappa shape index (κ2) is 10.3. The van der Waals surface area contributed by atoms with Crippen molar-refractivity contribution < 1.29 is 17.9 Å². The number of aliphatic hydroxyl groups excluding tert-OH is 1. The third-order valence-electron chi connectivity index (χ3n) is 4.70. The Balaban J connectivity index is 2.12. The molecule has 3 aromatic rings. The Morgan fingerprint density at radius 3 is 2.59 bits per heavy atom. The van der Waals surface area contributed by atoms with Gasteiger partial charge in [-0.15, -0.1) is 11.3 Å². The second-order valence-electron chi connectivity index (χ2n) is 9.03. The van der Waals surface area contributed by atoms with Crippen LogP contribution in [-0.2, 0) is 15.4 Å². The van der Waals surface area contributed by atoms with Crippen LogP contribution >= 0.6 is 11.3 Å². The number of aromatic nitrogens is 3. The molecule has 0 aliphatic heterocycles. The van der Waals surface area contributed by atoms with Gasteiger partial charge in [-0.3, -0.25) is 4.72 Å². The fourth-order valence-corrected chi connectivity index (χ4v) is 5.33. The van der Waals surface area contributed by atoms with Crippen molar-refractivity contribution >= 4 is 33.0 Å². The first-order chi connectivity index (χ1) is 15.9. The van der Waals surface area contributed by atoms with E-state index in [4.69, 9.17) is 4.98 Å². The Labute approximate surface area is 203 Å². The number of nitrogens with one attached hydrogen (secondary N) is 2. The molecule has 0 saturated heterocycles. The van der Waals surface area contributed by atoms with Crippen LogP contribution in [0.2, 0.25) is 0 Å². The van der Waals surface area contributed by atoms with Crippen molar-refractivity contribution in [2.75, 3.05) is 22.3 Å². The summed E-state index contributed by atoms with van der Waals surface area (Å²) in [6, 6.07) is 6.28. The molecule has 2 heterocycles. The maximum Gasteiger partial charge on any atom is 0.232 e. The lowest BCUT2D eigenvalue weighted by Crippen LogP contribution is -2.17. The number of benzene rings is 1. The maximum absolute atomic E-state index is 15.6. The highest BCUT2D eigenvalue weighted by atomic mass is 32.2. The van der Waals surface area contributed by atoms with Crippen LogP contribution in [0, 0.1) is 5.82 Å². The van der Waals surface area contributed by atoms with E-state index in [1.807, 2.05) is 20.8 Å². The number of hydrogen-bond acceptors (Lipinski definition) is 8. The van der Waals surface area contributed by atoms with Crippen LogP contribution in [0.5, 0.6) is 0 Å². The van der Waals surface area contributed by atoms with Crippen molar-refractivity contribution in [3.63, 3.8) is 0 Å².